The van der Waals surface area contributed by atoms with Crippen LogP contribution < -0.4 is 10.1 Å². The van der Waals surface area contributed by atoms with E-state index in [1.165, 1.54) is 14.2 Å². The van der Waals surface area contributed by atoms with E-state index < -0.39 is 11.9 Å². The van der Waals surface area contributed by atoms with Crippen LogP contribution in [0.1, 0.15) is 11.1 Å². The van der Waals surface area contributed by atoms with Gasteiger partial charge in [0.05, 0.1) is 25.3 Å². The summed E-state index contributed by atoms with van der Waals surface area (Å²) < 4.78 is 15.1. The standard InChI is InChI=1S/C20H20ClNO5/c1-12-5-6-13(2)18(9-12)27-17-8-7-14(10-15(17)21)22-16(20(24)26-4)11-19(23)25-3/h5-11,22H,1-4H3/b16-11+. The molecule has 0 radical (unpaired) electrons. The molecule has 2 aromatic rings. The minimum Gasteiger partial charge on any atom is -0.466 e. The fourth-order valence-corrected chi connectivity index (χ4v) is 2.40. The summed E-state index contributed by atoms with van der Waals surface area (Å²) in [6, 6.07) is 10.8. The lowest BCUT2D eigenvalue weighted by atomic mass is 10.1. The Kier molecular flexibility index (Phi) is 6.85. The van der Waals surface area contributed by atoms with E-state index in [1.807, 2.05) is 32.0 Å². The van der Waals surface area contributed by atoms with Crippen LogP contribution in [0, 0.1) is 13.8 Å². The molecule has 6 nitrogen and oxygen atoms in total. The third-order valence-corrected chi connectivity index (χ3v) is 3.94. The Labute approximate surface area is 162 Å². The third kappa shape index (κ3) is 5.49. The van der Waals surface area contributed by atoms with Gasteiger partial charge in [0.1, 0.15) is 17.2 Å². The summed E-state index contributed by atoms with van der Waals surface area (Å²) in [5.74, 6) is -0.234. The SMILES string of the molecule is COC(=O)/C=C(/Nc1ccc(Oc2cc(C)ccc2C)c(Cl)c1)C(=O)OC. The lowest BCUT2D eigenvalue weighted by Gasteiger charge is -2.13. The van der Waals surface area contributed by atoms with Crippen molar-refractivity contribution in [3.63, 3.8) is 0 Å². The summed E-state index contributed by atoms with van der Waals surface area (Å²) in [7, 11) is 2.42. The Morgan fingerprint density at radius 2 is 1.74 bits per heavy atom. The van der Waals surface area contributed by atoms with E-state index in [2.05, 4.69) is 14.8 Å². The van der Waals surface area contributed by atoms with Crippen LogP contribution in [0.5, 0.6) is 11.5 Å². The minimum absolute atomic E-state index is 0.0800. The van der Waals surface area contributed by atoms with Gasteiger partial charge < -0.3 is 19.5 Å². The molecule has 0 saturated carbocycles. The highest BCUT2D eigenvalue weighted by atomic mass is 35.5. The highest BCUT2D eigenvalue weighted by Crippen LogP contribution is 2.33. The van der Waals surface area contributed by atoms with Crippen molar-refractivity contribution >= 4 is 29.2 Å². The number of methoxy groups -OCH3 is 2. The average molecular weight is 390 g/mol. The first-order chi connectivity index (χ1) is 12.8. The Morgan fingerprint density at radius 1 is 1.00 bits per heavy atom. The van der Waals surface area contributed by atoms with E-state index in [0.717, 1.165) is 17.2 Å². The van der Waals surface area contributed by atoms with Crippen molar-refractivity contribution in [2.45, 2.75) is 13.8 Å². The molecule has 0 amide bonds. The van der Waals surface area contributed by atoms with Crippen molar-refractivity contribution in [1.29, 1.82) is 0 Å². The molecule has 0 bridgehead atoms. The number of rotatable bonds is 6. The normalized spacial score (nSPS) is 10.9. The molecule has 142 valence electrons. The van der Waals surface area contributed by atoms with E-state index in [0.29, 0.717) is 22.2 Å². The summed E-state index contributed by atoms with van der Waals surface area (Å²) in [5, 5.41) is 3.13. The van der Waals surface area contributed by atoms with Crippen LogP contribution in [0.25, 0.3) is 0 Å². The van der Waals surface area contributed by atoms with Crippen LogP contribution in [0.4, 0.5) is 5.69 Å². The molecule has 1 N–H and O–H groups in total. The number of hydrogen-bond donors (Lipinski definition) is 1. The van der Waals surface area contributed by atoms with Crippen molar-refractivity contribution in [2.75, 3.05) is 19.5 Å². The van der Waals surface area contributed by atoms with Crippen molar-refractivity contribution in [1.82, 2.24) is 0 Å². The van der Waals surface area contributed by atoms with Crippen LogP contribution >= 0.6 is 11.6 Å². The van der Waals surface area contributed by atoms with Gasteiger partial charge in [-0.25, -0.2) is 9.59 Å². The molecular weight excluding hydrogens is 370 g/mol. The first-order valence-corrected chi connectivity index (χ1v) is 8.41. The molecular formula is C20H20ClNO5. The monoisotopic (exact) mass is 389 g/mol. The molecule has 2 aromatic carbocycles. The first kappa shape index (κ1) is 20.3. The zero-order chi connectivity index (χ0) is 20.0. The summed E-state index contributed by atoms with van der Waals surface area (Å²) in [6.07, 6.45) is 1.00. The van der Waals surface area contributed by atoms with Gasteiger partial charge in [0.15, 0.2) is 0 Å². The predicted molar refractivity (Wildman–Crippen MR) is 103 cm³/mol. The Hall–Kier alpha value is -2.99. The van der Waals surface area contributed by atoms with Crippen molar-refractivity contribution < 1.29 is 23.8 Å². The number of halogens is 1. The highest BCUT2D eigenvalue weighted by Gasteiger charge is 2.14. The summed E-state index contributed by atoms with van der Waals surface area (Å²) >= 11 is 6.31. The maximum atomic E-state index is 11.8. The van der Waals surface area contributed by atoms with E-state index >= 15 is 0 Å². The predicted octanol–water partition coefficient (Wildman–Crippen LogP) is 4.39. The second kappa shape index (κ2) is 9.09. The number of nitrogens with one attached hydrogen (secondary N) is 1. The van der Waals surface area contributed by atoms with Gasteiger partial charge in [-0.15, -0.1) is 0 Å². The summed E-state index contributed by atoms with van der Waals surface area (Å²) in [5.41, 5.74) is 2.45. The van der Waals surface area contributed by atoms with Crippen LogP contribution in [0.15, 0.2) is 48.2 Å². The van der Waals surface area contributed by atoms with Crippen LogP contribution in [0.3, 0.4) is 0 Å². The highest BCUT2D eigenvalue weighted by molar-refractivity contribution is 6.32. The molecule has 0 fully saturated rings. The number of esters is 2. The number of anilines is 1. The number of hydrogen-bond acceptors (Lipinski definition) is 6. The maximum absolute atomic E-state index is 11.8. The lowest BCUT2D eigenvalue weighted by Crippen LogP contribution is -2.15. The molecule has 2 rings (SSSR count). The fourth-order valence-electron chi connectivity index (χ4n) is 2.19. The molecule has 0 aliphatic carbocycles. The minimum atomic E-state index is -0.716. The molecule has 0 heterocycles. The van der Waals surface area contributed by atoms with E-state index in [1.54, 1.807) is 18.2 Å². The number of benzene rings is 2. The third-order valence-electron chi connectivity index (χ3n) is 3.64. The van der Waals surface area contributed by atoms with E-state index in [9.17, 15) is 9.59 Å². The van der Waals surface area contributed by atoms with Crippen molar-refractivity contribution in [3.05, 3.63) is 64.3 Å². The molecule has 0 unspecified atom stereocenters. The van der Waals surface area contributed by atoms with Crippen LogP contribution in [-0.4, -0.2) is 26.2 Å². The molecule has 0 atom stereocenters. The van der Waals surface area contributed by atoms with E-state index in [4.69, 9.17) is 16.3 Å². The van der Waals surface area contributed by atoms with Crippen LogP contribution in [-0.2, 0) is 19.1 Å². The molecule has 0 saturated heterocycles. The fraction of sp³-hybridized carbons (Fsp3) is 0.200. The van der Waals surface area contributed by atoms with Gasteiger partial charge in [-0.1, -0.05) is 23.7 Å². The van der Waals surface area contributed by atoms with Gasteiger partial charge in [-0.3, -0.25) is 0 Å². The second-order valence-electron chi connectivity index (χ2n) is 5.71. The zero-order valence-corrected chi connectivity index (χ0v) is 16.2. The quantitative estimate of drug-likeness (QED) is 0.583. The van der Waals surface area contributed by atoms with Gasteiger partial charge in [-0.2, -0.15) is 0 Å². The number of aryl methyl sites for hydroxylation is 2. The van der Waals surface area contributed by atoms with Gasteiger partial charge in [0.2, 0.25) is 0 Å². The van der Waals surface area contributed by atoms with Crippen molar-refractivity contribution in [2.24, 2.45) is 0 Å². The van der Waals surface area contributed by atoms with Crippen LogP contribution in [0.2, 0.25) is 5.02 Å². The Balaban J connectivity index is 2.24. The van der Waals surface area contributed by atoms with Crippen molar-refractivity contribution in [3.8, 4) is 11.5 Å². The molecule has 0 aliphatic heterocycles. The molecule has 7 heteroatoms. The van der Waals surface area contributed by atoms with Gasteiger partial charge >= 0.3 is 11.9 Å². The van der Waals surface area contributed by atoms with Gasteiger partial charge in [-0.05, 0) is 49.2 Å². The number of carbonyl (C=O) groups is 2. The number of ether oxygens (including phenoxy) is 3. The molecule has 0 aliphatic rings. The Bertz CT molecular complexity index is 892. The zero-order valence-electron chi connectivity index (χ0n) is 15.5. The average Bonchev–Trinajstić information content (AvgIpc) is 2.65. The maximum Gasteiger partial charge on any atom is 0.354 e. The van der Waals surface area contributed by atoms with Gasteiger partial charge in [0.25, 0.3) is 0 Å². The molecule has 0 spiro atoms. The molecule has 27 heavy (non-hydrogen) atoms. The first-order valence-electron chi connectivity index (χ1n) is 8.03. The molecule has 0 aromatic heterocycles. The topological polar surface area (TPSA) is 73.9 Å². The summed E-state index contributed by atoms with van der Waals surface area (Å²) in [4.78, 5) is 23.2. The number of carbonyl (C=O) groups excluding carboxylic acids is 2. The van der Waals surface area contributed by atoms with E-state index in [-0.39, 0.29) is 5.70 Å². The summed E-state index contributed by atoms with van der Waals surface area (Å²) in [6.45, 7) is 3.92. The second-order valence-corrected chi connectivity index (χ2v) is 6.12. The van der Waals surface area contributed by atoms with Gasteiger partial charge in [0, 0.05) is 5.69 Å². The lowest BCUT2D eigenvalue weighted by molar-refractivity contribution is -0.138. The smallest absolute Gasteiger partial charge is 0.354 e. The Morgan fingerprint density at radius 3 is 2.37 bits per heavy atom. The largest absolute Gasteiger partial charge is 0.466 e.